The number of fused-ring (bicyclic) bond motifs is 2. The highest BCUT2D eigenvalue weighted by Gasteiger charge is 2.24. The summed E-state index contributed by atoms with van der Waals surface area (Å²) in [6.45, 7) is 0. The molecule has 0 aliphatic rings. The third-order valence-electron chi connectivity index (χ3n) is 3.91. The van der Waals surface area contributed by atoms with Crippen LogP contribution in [0, 0.1) is 20.2 Å². The van der Waals surface area contributed by atoms with Crippen LogP contribution in [0.2, 0.25) is 0 Å². The van der Waals surface area contributed by atoms with E-state index in [0.29, 0.717) is 20.2 Å². The van der Waals surface area contributed by atoms with Gasteiger partial charge in [0.05, 0.1) is 9.85 Å². The Balaban J connectivity index is 1.83. The van der Waals surface area contributed by atoms with E-state index in [-0.39, 0.29) is 19.8 Å². The quantitative estimate of drug-likeness (QED) is 0.346. The smallest absolute Gasteiger partial charge is 0.258 e. The van der Waals surface area contributed by atoms with Crippen LogP contribution in [0.3, 0.4) is 0 Å². The Kier molecular flexibility index (Phi) is 3.94. The maximum absolute atomic E-state index is 13.0. The highest BCUT2D eigenvalue weighted by molar-refractivity contribution is 7.95. The Bertz CT molecular complexity index is 1260. The van der Waals surface area contributed by atoms with Gasteiger partial charge < -0.3 is 0 Å². The minimum Gasteiger partial charge on any atom is -0.258 e. The van der Waals surface area contributed by atoms with Gasteiger partial charge in [0.25, 0.3) is 11.4 Å². The standard InChI is InChI=1S/C16H8N2O6S3/c19-17(20)11-1-3-13-9(5-11)7-15(25-13)27(23,24)16-8-10-6-12(18(21)22)2-4-14(10)26-16/h1-8H. The lowest BCUT2D eigenvalue weighted by Gasteiger charge is -1.95. The van der Waals surface area contributed by atoms with E-state index in [2.05, 4.69) is 0 Å². The summed E-state index contributed by atoms with van der Waals surface area (Å²) in [5.74, 6) is 0. The molecule has 4 aromatic rings. The van der Waals surface area contributed by atoms with E-state index in [1.54, 1.807) is 0 Å². The Hall–Kier alpha value is -2.89. The molecule has 0 bridgehead atoms. The minimum absolute atomic E-state index is 0.0686. The van der Waals surface area contributed by atoms with Crippen LogP contribution in [0.4, 0.5) is 11.4 Å². The fraction of sp³-hybridized carbons (Fsp3) is 0. The summed E-state index contributed by atoms with van der Waals surface area (Å²) in [6.07, 6.45) is 0. The van der Waals surface area contributed by atoms with Crippen molar-refractivity contribution in [2.45, 2.75) is 8.42 Å². The molecule has 0 fully saturated rings. The third kappa shape index (κ3) is 2.95. The molecule has 0 radical (unpaired) electrons. The van der Waals surface area contributed by atoms with Crippen LogP contribution in [-0.4, -0.2) is 18.3 Å². The van der Waals surface area contributed by atoms with Crippen molar-refractivity contribution in [1.29, 1.82) is 0 Å². The van der Waals surface area contributed by atoms with E-state index >= 15 is 0 Å². The van der Waals surface area contributed by atoms with E-state index in [0.717, 1.165) is 22.7 Å². The van der Waals surface area contributed by atoms with Crippen molar-refractivity contribution in [3.05, 3.63) is 68.8 Å². The van der Waals surface area contributed by atoms with Gasteiger partial charge in [0.15, 0.2) is 0 Å². The summed E-state index contributed by atoms with van der Waals surface area (Å²) in [5, 5.41) is 22.7. The second kappa shape index (κ2) is 6.08. The molecular weight excluding hydrogens is 412 g/mol. The zero-order valence-electron chi connectivity index (χ0n) is 13.2. The normalized spacial score (nSPS) is 11.9. The van der Waals surface area contributed by atoms with Crippen molar-refractivity contribution >= 4 is 64.1 Å². The molecule has 0 aliphatic carbocycles. The lowest BCUT2D eigenvalue weighted by Crippen LogP contribution is -1.95. The summed E-state index contributed by atoms with van der Waals surface area (Å²) in [7, 11) is -3.83. The lowest BCUT2D eigenvalue weighted by atomic mass is 10.2. The van der Waals surface area contributed by atoms with Crippen LogP contribution in [0.25, 0.3) is 20.2 Å². The Morgan fingerprint density at radius 1 is 0.704 bits per heavy atom. The SMILES string of the molecule is O=[N+]([O-])c1ccc2sc(S(=O)(=O)c3cc4cc([N+](=O)[O-])ccc4s3)cc2c1. The number of sulfone groups is 1. The highest BCUT2D eigenvalue weighted by Crippen LogP contribution is 2.39. The van der Waals surface area contributed by atoms with E-state index in [4.69, 9.17) is 0 Å². The molecule has 0 spiro atoms. The molecule has 2 aromatic carbocycles. The third-order valence-corrected chi connectivity index (χ3v) is 8.84. The van der Waals surface area contributed by atoms with E-state index in [9.17, 15) is 28.6 Å². The molecule has 2 aromatic heterocycles. The van der Waals surface area contributed by atoms with Crippen LogP contribution in [0.1, 0.15) is 0 Å². The van der Waals surface area contributed by atoms with Gasteiger partial charge in [0.2, 0.25) is 9.84 Å². The van der Waals surface area contributed by atoms with Gasteiger partial charge in [-0.15, -0.1) is 22.7 Å². The zero-order valence-corrected chi connectivity index (χ0v) is 15.6. The molecule has 0 aliphatic heterocycles. The minimum atomic E-state index is -3.83. The lowest BCUT2D eigenvalue weighted by molar-refractivity contribution is -0.384. The van der Waals surface area contributed by atoms with Crippen LogP contribution in [-0.2, 0) is 9.84 Å². The fourth-order valence-corrected chi connectivity index (χ4v) is 7.03. The molecule has 0 N–H and O–H groups in total. The Labute approximate surface area is 159 Å². The number of hydrogen-bond donors (Lipinski definition) is 0. The first-order valence-electron chi connectivity index (χ1n) is 7.37. The molecule has 27 heavy (non-hydrogen) atoms. The summed E-state index contributed by atoms with van der Waals surface area (Å²) < 4.78 is 27.3. The van der Waals surface area contributed by atoms with Gasteiger partial charge in [-0.3, -0.25) is 20.2 Å². The van der Waals surface area contributed by atoms with Crippen LogP contribution >= 0.6 is 22.7 Å². The average Bonchev–Trinajstić information content (AvgIpc) is 3.24. The highest BCUT2D eigenvalue weighted by atomic mass is 32.3. The van der Waals surface area contributed by atoms with Crippen LogP contribution in [0.5, 0.6) is 0 Å². The number of benzene rings is 2. The largest absolute Gasteiger partial charge is 0.270 e. The topological polar surface area (TPSA) is 120 Å². The number of non-ortho nitro benzene ring substituents is 2. The van der Waals surface area contributed by atoms with Crippen molar-refractivity contribution in [3.8, 4) is 0 Å². The van der Waals surface area contributed by atoms with Crippen molar-refractivity contribution in [1.82, 2.24) is 0 Å². The van der Waals surface area contributed by atoms with Gasteiger partial charge in [-0.1, -0.05) is 0 Å². The molecule has 0 amide bonds. The molecule has 0 saturated carbocycles. The second-order valence-electron chi connectivity index (χ2n) is 5.59. The van der Waals surface area contributed by atoms with Crippen molar-refractivity contribution in [2.24, 2.45) is 0 Å². The van der Waals surface area contributed by atoms with Crippen LogP contribution < -0.4 is 0 Å². The van der Waals surface area contributed by atoms with Gasteiger partial charge in [0, 0.05) is 44.4 Å². The Morgan fingerprint density at radius 2 is 1.11 bits per heavy atom. The number of nitro benzene ring substituents is 2. The molecule has 136 valence electrons. The van der Waals surface area contributed by atoms with Gasteiger partial charge in [-0.05, 0) is 24.3 Å². The van der Waals surface area contributed by atoms with Gasteiger partial charge in [-0.2, -0.15) is 0 Å². The number of hydrogen-bond acceptors (Lipinski definition) is 8. The number of nitrogens with zero attached hydrogens (tertiary/aromatic N) is 2. The Morgan fingerprint density at radius 3 is 1.48 bits per heavy atom. The second-order valence-corrected chi connectivity index (χ2v) is 10.2. The van der Waals surface area contributed by atoms with Crippen molar-refractivity contribution < 1.29 is 18.3 Å². The molecule has 11 heteroatoms. The number of rotatable bonds is 4. The summed E-state index contributed by atoms with van der Waals surface area (Å²) in [4.78, 5) is 20.7. The predicted molar refractivity (Wildman–Crippen MR) is 102 cm³/mol. The molecular formula is C16H8N2O6S3. The zero-order chi connectivity index (χ0) is 19.3. The van der Waals surface area contributed by atoms with E-state index < -0.39 is 19.7 Å². The average molecular weight is 420 g/mol. The first kappa shape index (κ1) is 17.5. The van der Waals surface area contributed by atoms with Gasteiger partial charge in [-0.25, -0.2) is 8.42 Å². The molecule has 0 unspecified atom stereocenters. The fourth-order valence-electron chi connectivity index (χ4n) is 2.60. The maximum atomic E-state index is 13.0. The van der Waals surface area contributed by atoms with Crippen molar-refractivity contribution in [2.75, 3.05) is 0 Å². The molecule has 8 nitrogen and oxygen atoms in total. The van der Waals surface area contributed by atoms with Gasteiger partial charge >= 0.3 is 0 Å². The number of nitro groups is 2. The monoisotopic (exact) mass is 420 g/mol. The maximum Gasteiger partial charge on any atom is 0.270 e. The number of thiophene rings is 2. The molecule has 0 atom stereocenters. The predicted octanol–water partition coefficient (Wildman–Crippen LogP) is 4.77. The molecule has 0 saturated heterocycles. The van der Waals surface area contributed by atoms with Crippen LogP contribution in [0.15, 0.2) is 56.9 Å². The molecule has 4 rings (SSSR count). The summed E-state index contributed by atoms with van der Waals surface area (Å²) >= 11 is 2.05. The first-order chi connectivity index (χ1) is 12.8. The summed E-state index contributed by atoms with van der Waals surface area (Å²) in [6, 6.07) is 11.2. The van der Waals surface area contributed by atoms with E-state index in [1.807, 2.05) is 0 Å². The van der Waals surface area contributed by atoms with Crippen molar-refractivity contribution in [3.63, 3.8) is 0 Å². The van der Waals surface area contributed by atoms with E-state index in [1.165, 1.54) is 48.5 Å². The molecule has 2 heterocycles. The summed E-state index contributed by atoms with van der Waals surface area (Å²) in [5.41, 5.74) is -0.225. The van der Waals surface area contributed by atoms with Gasteiger partial charge in [0.1, 0.15) is 8.42 Å². The first-order valence-corrected chi connectivity index (χ1v) is 10.5.